The molecule has 2 nitrogen and oxygen atoms in total. The summed E-state index contributed by atoms with van der Waals surface area (Å²) in [4.78, 5) is 11.7. The first-order valence-electron chi connectivity index (χ1n) is 8.87. The molecule has 2 aliphatic carbocycles. The van der Waals surface area contributed by atoms with Gasteiger partial charge in [-0.05, 0) is 80.4 Å². The van der Waals surface area contributed by atoms with Crippen LogP contribution in [0.1, 0.15) is 73.9 Å². The summed E-state index contributed by atoms with van der Waals surface area (Å²) in [6.07, 6.45) is 8.60. The number of ketones is 1. The van der Waals surface area contributed by atoms with Gasteiger partial charge < -0.3 is 4.74 Å². The van der Waals surface area contributed by atoms with Gasteiger partial charge in [-0.25, -0.2) is 0 Å². The SMILES string of the molecule is CCC12CCC3(CO3)CC1CCCc1cc(C(C)=O)ccc12. The summed E-state index contributed by atoms with van der Waals surface area (Å²) >= 11 is 0. The third kappa shape index (κ3) is 2.07. The Hall–Kier alpha value is -1.15. The van der Waals surface area contributed by atoms with Crippen LogP contribution >= 0.6 is 0 Å². The number of ether oxygens (including phenoxy) is 1. The van der Waals surface area contributed by atoms with Crippen LogP contribution in [0.4, 0.5) is 0 Å². The molecular formula is C20H26O2. The molecule has 1 heterocycles. The molecule has 0 amide bonds. The zero-order valence-electron chi connectivity index (χ0n) is 13.8. The van der Waals surface area contributed by atoms with E-state index in [-0.39, 0.29) is 11.4 Å². The van der Waals surface area contributed by atoms with Gasteiger partial charge in [-0.2, -0.15) is 0 Å². The Morgan fingerprint density at radius 1 is 1.36 bits per heavy atom. The van der Waals surface area contributed by atoms with Crippen molar-refractivity contribution in [2.45, 2.75) is 69.8 Å². The van der Waals surface area contributed by atoms with Gasteiger partial charge in [0.15, 0.2) is 5.78 Å². The van der Waals surface area contributed by atoms with E-state index in [2.05, 4.69) is 25.1 Å². The monoisotopic (exact) mass is 298 g/mol. The molecule has 0 aromatic heterocycles. The first-order valence-corrected chi connectivity index (χ1v) is 8.87. The van der Waals surface area contributed by atoms with Crippen LogP contribution in [0.25, 0.3) is 0 Å². The molecule has 1 spiro atoms. The zero-order chi connectivity index (χ0) is 15.4. The minimum absolute atomic E-state index is 0.183. The largest absolute Gasteiger partial charge is 0.370 e. The number of hydrogen-bond donors (Lipinski definition) is 0. The molecule has 1 saturated carbocycles. The van der Waals surface area contributed by atoms with Crippen molar-refractivity contribution in [1.82, 2.24) is 0 Å². The van der Waals surface area contributed by atoms with E-state index in [1.807, 2.05) is 0 Å². The maximum Gasteiger partial charge on any atom is 0.159 e. The standard InChI is InChI=1S/C20H26O2/c1-3-20-10-9-19(13-22-19)12-17(20)6-4-5-16-11-15(14(2)21)7-8-18(16)20/h7-8,11,17H,3-6,9-10,12-13H2,1-2H3. The van der Waals surface area contributed by atoms with Gasteiger partial charge in [0.1, 0.15) is 0 Å². The van der Waals surface area contributed by atoms with Gasteiger partial charge in [0.05, 0.1) is 12.2 Å². The highest BCUT2D eigenvalue weighted by Crippen LogP contribution is 2.57. The van der Waals surface area contributed by atoms with Gasteiger partial charge in [-0.3, -0.25) is 4.79 Å². The van der Waals surface area contributed by atoms with Gasteiger partial charge in [-0.1, -0.05) is 19.1 Å². The van der Waals surface area contributed by atoms with E-state index in [0.29, 0.717) is 5.41 Å². The minimum Gasteiger partial charge on any atom is -0.370 e. The smallest absolute Gasteiger partial charge is 0.159 e. The third-order valence-electron chi connectivity index (χ3n) is 6.66. The fraction of sp³-hybridized carbons (Fsp3) is 0.650. The van der Waals surface area contributed by atoms with Crippen LogP contribution in [-0.2, 0) is 16.6 Å². The Labute approximate surface area is 133 Å². The summed E-state index contributed by atoms with van der Waals surface area (Å²) in [6.45, 7) is 5.01. The Morgan fingerprint density at radius 3 is 2.86 bits per heavy atom. The highest BCUT2D eigenvalue weighted by Gasteiger charge is 2.56. The predicted octanol–water partition coefficient (Wildman–Crippen LogP) is 4.44. The Morgan fingerprint density at radius 2 is 2.18 bits per heavy atom. The molecule has 3 atom stereocenters. The van der Waals surface area contributed by atoms with Gasteiger partial charge in [0, 0.05) is 5.56 Å². The lowest BCUT2D eigenvalue weighted by Gasteiger charge is -2.46. The van der Waals surface area contributed by atoms with Crippen LogP contribution < -0.4 is 0 Å². The second kappa shape index (κ2) is 4.92. The number of hydrogen-bond acceptors (Lipinski definition) is 2. The van der Waals surface area contributed by atoms with E-state index >= 15 is 0 Å². The van der Waals surface area contributed by atoms with Crippen molar-refractivity contribution >= 4 is 5.78 Å². The summed E-state index contributed by atoms with van der Waals surface area (Å²) in [6, 6.07) is 6.51. The number of carbonyl (C=O) groups excluding carboxylic acids is 1. The van der Waals surface area contributed by atoms with Crippen molar-refractivity contribution in [3.8, 4) is 0 Å². The Kier molecular flexibility index (Phi) is 3.23. The first-order chi connectivity index (χ1) is 10.6. The lowest BCUT2D eigenvalue weighted by molar-refractivity contribution is 0.0969. The van der Waals surface area contributed by atoms with E-state index in [1.165, 1.54) is 49.7 Å². The normalized spacial score (nSPS) is 36.4. The van der Waals surface area contributed by atoms with Crippen LogP contribution in [0.2, 0.25) is 0 Å². The van der Waals surface area contributed by atoms with Gasteiger partial charge >= 0.3 is 0 Å². The van der Waals surface area contributed by atoms with Crippen LogP contribution in [0, 0.1) is 5.92 Å². The van der Waals surface area contributed by atoms with Crippen molar-refractivity contribution in [2.24, 2.45) is 5.92 Å². The molecular weight excluding hydrogens is 272 g/mol. The highest BCUT2D eigenvalue weighted by molar-refractivity contribution is 5.94. The lowest BCUT2D eigenvalue weighted by atomic mass is 9.58. The number of aryl methyl sites for hydroxylation is 1. The van der Waals surface area contributed by atoms with Crippen LogP contribution in [0.3, 0.4) is 0 Å². The van der Waals surface area contributed by atoms with E-state index in [4.69, 9.17) is 4.74 Å². The number of carbonyl (C=O) groups is 1. The number of rotatable bonds is 2. The van der Waals surface area contributed by atoms with E-state index in [1.54, 1.807) is 6.92 Å². The number of Topliss-reactive ketones (excluding diaryl/α,β-unsaturated/α-hetero) is 1. The highest BCUT2D eigenvalue weighted by atomic mass is 16.6. The van der Waals surface area contributed by atoms with Crippen molar-refractivity contribution in [1.29, 1.82) is 0 Å². The summed E-state index contributed by atoms with van der Waals surface area (Å²) in [7, 11) is 0. The summed E-state index contributed by atoms with van der Waals surface area (Å²) in [5.74, 6) is 0.932. The molecule has 0 bridgehead atoms. The molecule has 1 aromatic rings. The molecule has 2 heteroatoms. The predicted molar refractivity (Wildman–Crippen MR) is 87.4 cm³/mol. The average Bonchev–Trinajstić information content (AvgIpc) is 3.29. The second-order valence-electron chi connectivity index (χ2n) is 7.70. The van der Waals surface area contributed by atoms with Crippen molar-refractivity contribution in [3.63, 3.8) is 0 Å². The quantitative estimate of drug-likeness (QED) is 0.596. The average molecular weight is 298 g/mol. The summed E-state index contributed by atoms with van der Waals surface area (Å²) < 4.78 is 5.81. The number of epoxide rings is 1. The number of benzene rings is 1. The Bertz CT molecular complexity index is 614. The molecule has 1 aliphatic heterocycles. The van der Waals surface area contributed by atoms with Gasteiger partial charge in [-0.15, -0.1) is 0 Å². The lowest BCUT2D eigenvalue weighted by Crippen LogP contribution is -2.43. The molecule has 118 valence electrons. The van der Waals surface area contributed by atoms with E-state index in [0.717, 1.165) is 24.5 Å². The van der Waals surface area contributed by atoms with Crippen LogP contribution in [0.5, 0.6) is 0 Å². The van der Waals surface area contributed by atoms with E-state index in [9.17, 15) is 4.79 Å². The maximum absolute atomic E-state index is 11.7. The number of fused-ring (bicyclic) bond motifs is 3. The third-order valence-corrected chi connectivity index (χ3v) is 6.66. The van der Waals surface area contributed by atoms with Crippen molar-refractivity contribution in [3.05, 3.63) is 34.9 Å². The second-order valence-corrected chi connectivity index (χ2v) is 7.70. The zero-order valence-corrected chi connectivity index (χ0v) is 13.8. The van der Waals surface area contributed by atoms with Crippen molar-refractivity contribution in [2.75, 3.05) is 6.61 Å². The van der Waals surface area contributed by atoms with Crippen LogP contribution in [0.15, 0.2) is 18.2 Å². The molecule has 22 heavy (non-hydrogen) atoms. The molecule has 0 radical (unpaired) electrons. The molecule has 1 aromatic carbocycles. The van der Waals surface area contributed by atoms with Crippen molar-refractivity contribution < 1.29 is 9.53 Å². The van der Waals surface area contributed by atoms with Crippen LogP contribution in [-0.4, -0.2) is 18.0 Å². The van der Waals surface area contributed by atoms with E-state index < -0.39 is 0 Å². The fourth-order valence-corrected chi connectivity index (χ4v) is 5.20. The molecule has 0 N–H and O–H groups in total. The Balaban J connectivity index is 1.79. The summed E-state index contributed by atoms with van der Waals surface area (Å²) in [5.41, 5.74) is 4.41. The molecule has 4 rings (SSSR count). The maximum atomic E-state index is 11.7. The summed E-state index contributed by atoms with van der Waals surface area (Å²) in [5, 5.41) is 0. The minimum atomic E-state index is 0.183. The van der Waals surface area contributed by atoms with Gasteiger partial charge in [0.2, 0.25) is 0 Å². The molecule has 3 aliphatic rings. The van der Waals surface area contributed by atoms with Gasteiger partial charge in [0.25, 0.3) is 0 Å². The fourth-order valence-electron chi connectivity index (χ4n) is 5.20. The molecule has 2 fully saturated rings. The topological polar surface area (TPSA) is 29.6 Å². The first kappa shape index (κ1) is 14.4. The molecule has 3 unspecified atom stereocenters. The molecule has 1 saturated heterocycles.